The van der Waals surface area contributed by atoms with Crippen molar-refractivity contribution in [1.29, 1.82) is 0 Å². The van der Waals surface area contributed by atoms with Gasteiger partial charge in [0.2, 0.25) is 11.8 Å². The highest BCUT2D eigenvalue weighted by Gasteiger charge is 2.10. The fraction of sp³-hybridized carbons (Fsp3) is 0.0870. The van der Waals surface area contributed by atoms with E-state index in [0.29, 0.717) is 30.3 Å². The second-order valence-electron chi connectivity index (χ2n) is 6.32. The molecule has 3 aromatic carbocycles. The lowest BCUT2D eigenvalue weighted by molar-refractivity contribution is 0.0953. The third kappa shape index (κ3) is 4.15. The lowest BCUT2D eigenvalue weighted by Gasteiger charge is -2.06. The van der Waals surface area contributed by atoms with Crippen LogP contribution in [-0.2, 0) is 6.42 Å². The standard InChI is InChI=1S/C23H19N3O2/c27-22(20-13-7-12-19(16-20)17-8-3-1-4-9-17)24-15-14-21-25-26-23(28-21)18-10-5-2-6-11-18/h1-13,16H,14-15H2,(H,24,27). The van der Waals surface area contributed by atoms with Crippen molar-refractivity contribution in [3.8, 4) is 22.6 Å². The number of nitrogens with one attached hydrogen (secondary N) is 1. The molecule has 0 bridgehead atoms. The third-order valence-corrected chi connectivity index (χ3v) is 4.34. The summed E-state index contributed by atoms with van der Waals surface area (Å²) in [5.74, 6) is 0.857. The fourth-order valence-corrected chi connectivity index (χ4v) is 2.91. The summed E-state index contributed by atoms with van der Waals surface area (Å²) in [6.07, 6.45) is 0.476. The molecule has 1 N–H and O–H groups in total. The molecule has 0 spiro atoms. The number of rotatable bonds is 6. The Hall–Kier alpha value is -3.73. The number of carbonyl (C=O) groups is 1. The lowest BCUT2D eigenvalue weighted by Crippen LogP contribution is -2.25. The topological polar surface area (TPSA) is 68.0 Å². The molecule has 0 aliphatic rings. The molecule has 1 aromatic heterocycles. The molecular weight excluding hydrogens is 350 g/mol. The molecule has 0 aliphatic carbocycles. The molecule has 0 unspecified atom stereocenters. The lowest BCUT2D eigenvalue weighted by atomic mass is 10.0. The Morgan fingerprint density at radius 2 is 1.46 bits per heavy atom. The first kappa shape index (κ1) is 17.7. The van der Waals surface area contributed by atoms with Crippen LogP contribution in [0.25, 0.3) is 22.6 Å². The predicted molar refractivity (Wildman–Crippen MR) is 108 cm³/mol. The number of hydrogen-bond donors (Lipinski definition) is 1. The van der Waals surface area contributed by atoms with Gasteiger partial charge in [0, 0.05) is 24.1 Å². The molecule has 4 aromatic rings. The summed E-state index contributed by atoms with van der Waals surface area (Å²) in [6.45, 7) is 0.421. The highest BCUT2D eigenvalue weighted by atomic mass is 16.4. The largest absolute Gasteiger partial charge is 0.421 e. The Balaban J connectivity index is 1.36. The van der Waals surface area contributed by atoms with Crippen LogP contribution >= 0.6 is 0 Å². The van der Waals surface area contributed by atoms with Crippen molar-refractivity contribution in [2.24, 2.45) is 0 Å². The van der Waals surface area contributed by atoms with Crippen molar-refractivity contribution in [3.63, 3.8) is 0 Å². The van der Waals surface area contributed by atoms with Crippen molar-refractivity contribution in [1.82, 2.24) is 15.5 Å². The van der Waals surface area contributed by atoms with Crippen LogP contribution in [0.5, 0.6) is 0 Å². The molecule has 138 valence electrons. The Kier molecular flexibility index (Phi) is 5.24. The molecule has 1 heterocycles. The second-order valence-corrected chi connectivity index (χ2v) is 6.32. The van der Waals surface area contributed by atoms with Gasteiger partial charge in [0.15, 0.2) is 0 Å². The summed E-state index contributed by atoms with van der Waals surface area (Å²) in [6, 6.07) is 27.2. The maximum absolute atomic E-state index is 12.5. The van der Waals surface area contributed by atoms with Gasteiger partial charge in [-0.05, 0) is 35.4 Å². The van der Waals surface area contributed by atoms with E-state index in [-0.39, 0.29) is 5.91 Å². The minimum Gasteiger partial charge on any atom is -0.421 e. The first-order chi connectivity index (χ1) is 13.8. The number of benzene rings is 3. The molecule has 0 aliphatic heterocycles. The zero-order valence-corrected chi connectivity index (χ0v) is 15.2. The minimum absolute atomic E-state index is 0.124. The van der Waals surface area contributed by atoms with Crippen molar-refractivity contribution >= 4 is 5.91 Å². The van der Waals surface area contributed by atoms with E-state index in [9.17, 15) is 4.79 Å². The molecule has 1 amide bonds. The molecule has 5 nitrogen and oxygen atoms in total. The molecule has 5 heteroatoms. The van der Waals surface area contributed by atoms with Gasteiger partial charge in [-0.25, -0.2) is 0 Å². The number of amides is 1. The maximum Gasteiger partial charge on any atom is 0.251 e. The van der Waals surface area contributed by atoms with Crippen LogP contribution in [0, 0.1) is 0 Å². The minimum atomic E-state index is -0.124. The average molecular weight is 369 g/mol. The summed E-state index contributed by atoms with van der Waals surface area (Å²) >= 11 is 0. The maximum atomic E-state index is 12.5. The van der Waals surface area contributed by atoms with E-state index >= 15 is 0 Å². The molecule has 28 heavy (non-hydrogen) atoms. The van der Waals surface area contributed by atoms with Crippen molar-refractivity contribution in [2.45, 2.75) is 6.42 Å². The van der Waals surface area contributed by atoms with Crippen molar-refractivity contribution in [3.05, 3.63) is 96.4 Å². The summed E-state index contributed by atoms with van der Waals surface area (Å²) in [5.41, 5.74) is 3.59. The molecule has 0 fully saturated rings. The predicted octanol–water partition coefficient (Wildman–Crippen LogP) is 4.38. The fourth-order valence-electron chi connectivity index (χ4n) is 2.91. The van der Waals surface area contributed by atoms with E-state index in [0.717, 1.165) is 16.7 Å². The van der Waals surface area contributed by atoms with Crippen LogP contribution in [0.1, 0.15) is 16.2 Å². The Labute approximate surface area is 163 Å². The van der Waals surface area contributed by atoms with E-state index < -0.39 is 0 Å². The van der Waals surface area contributed by atoms with Gasteiger partial charge in [-0.15, -0.1) is 10.2 Å². The van der Waals surface area contributed by atoms with Crippen LogP contribution < -0.4 is 5.32 Å². The first-order valence-electron chi connectivity index (χ1n) is 9.11. The van der Waals surface area contributed by atoms with E-state index in [4.69, 9.17) is 4.42 Å². The van der Waals surface area contributed by atoms with Gasteiger partial charge < -0.3 is 9.73 Å². The van der Waals surface area contributed by atoms with Crippen LogP contribution in [0.15, 0.2) is 89.3 Å². The van der Waals surface area contributed by atoms with E-state index in [1.54, 1.807) is 0 Å². The van der Waals surface area contributed by atoms with Crippen molar-refractivity contribution < 1.29 is 9.21 Å². The molecule has 0 saturated carbocycles. The Bertz CT molecular complexity index is 1060. The van der Waals surface area contributed by atoms with Crippen LogP contribution in [0.4, 0.5) is 0 Å². The highest BCUT2D eigenvalue weighted by Crippen LogP contribution is 2.20. The van der Waals surface area contributed by atoms with Gasteiger partial charge in [0.25, 0.3) is 5.91 Å². The van der Waals surface area contributed by atoms with Crippen molar-refractivity contribution in [2.75, 3.05) is 6.54 Å². The summed E-state index contributed by atoms with van der Waals surface area (Å²) in [7, 11) is 0. The molecule has 0 atom stereocenters. The zero-order valence-electron chi connectivity index (χ0n) is 15.2. The van der Waals surface area contributed by atoms with Gasteiger partial charge in [0.1, 0.15) is 0 Å². The van der Waals surface area contributed by atoms with Gasteiger partial charge in [-0.3, -0.25) is 4.79 Å². The molecular formula is C23H19N3O2. The van der Waals surface area contributed by atoms with Gasteiger partial charge in [-0.2, -0.15) is 0 Å². The monoisotopic (exact) mass is 369 g/mol. The second kappa shape index (κ2) is 8.31. The quantitative estimate of drug-likeness (QED) is 0.548. The van der Waals surface area contributed by atoms with Crippen LogP contribution in [0.3, 0.4) is 0 Å². The van der Waals surface area contributed by atoms with Gasteiger partial charge >= 0.3 is 0 Å². The summed E-state index contributed by atoms with van der Waals surface area (Å²) in [4.78, 5) is 12.5. The number of aromatic nitrogens is 2. The van der Waals surface area contributed by atoms with Crippen LogP contribution in [0.2, 0.25) is 0 Å². The average Bonchev–Trinajstić information content (AvgIpc) is 3.24. The van der Waals surface area contributed by atoms with Crippen LogP contribution in [-0.4, -0.2) is 22.6 Å². The Morgan fingerprint density at radius 1 is 0.786 bits per heavy atom. The Morgan fingerprint density at radius 3 is 2.21 bits per heavy atom. The van der Waals surface area contributed by atoms with E-state index in [2.05, 4.69) is 15.5 Å². The molecule has 0 radical (unpaired) electrons. The SMILES string of the molecule is O=C(NCCc1nnc(-c2ccccc2)o1)c1cccc(-c2ccccc2)c1. The summed E-state index contributed by atoms with van der Waals surface area (Å²) in [5, 5.41) is 11.0. The van der Waals surface area contributed by atoms with E-state index in [1.165, 1.54) is 0 Å². The molecule has 4 rings (SSSR count). The molecule has 0 saturated heterocycles. The highest BCUT2D eigenvalue weighted by molar-refractivity contribution is 5.95. The number of hydrogen-bond acceptors (Lipinski definition) is 4. The van der Waals surface area contributed by atoms with E-state index in [1.807, 2.05) is 84.9 Å². The zero-order chi connectivity index (χ0) is 19.2. The third-order valence-electron chi connectivity index (χ3n) is 4.34. The smallest absolute Gasteiger partial charge is 0.251 e. The summed E-state index contributed by atoms with van der Waals surface area (Å²) < 4.78 is 5.66. The van der Waals surface area contributed by atoms with Gasteiger partial charge in [-0.1, -0.05) is 60.7 Å². The first-order valence-corrected chi connectivity index (χ1v) is 9.11. The number of nitrogens with zero attached hydrogens (tertiary/aromatic N) is 2. The number of carbonyl (C=O) groups excluding carboxylic acids is 1. The van der Waals surface area contributed by atoms with Gasteiger partial charge in [0.05, 0.1) is 0 Å². The normalized spacial score (nSPS) is 10.6.